The molecule has 1 aromatic carbocycles. The fourth-order valence-corrected chi connectivity index (χ4v) is 1.74. The van der Waals surface area contributed by atoms with Crippen LogP contribution in [0.15, 0.2) is 24.3 Å². The first-order valence-electron chi connectivity index (χ1n) is 4.70. The van der Waals surface area contributed by atoms with Gasteiger partial charge in [0.15, 0.2) is 0 Å². The van der Waals surface area contributed by atoms with Crippen LogP contribution in [0.2, 0.25) is 0 Å². The smallest absolute Gasteiger partial charge is 0.392 e. The van der Waals surface area contributed by atoms with E-state index in [0.29, 0.717) is 5.52 Å². The monoisotopic (exact) mass is 259 g/mol. The molecule has 0 bridgehead atoms. The van der Waals surface area contributed by atoms with Gasteiger partial charge in [-0.25, -0.2) is 4.98 Å². The molecule has 3 nitrogen and oxygen atoms in total. The zero-order valence-electron chi connectivity index (χ0n) is 8.53. The van der Waals surface area contributed by atoms with E-state index in [1.165, 1.54) is 6.07 Å². The Morgan fingerprint density at radius 2 is 2.00 bits per heavy atom. The summed E-state index contributed by atoms with van der Waals surface area (Å²) in [7, 11) is 0. The summed E-state index contributed by atoms with van der Waals surface area (Å²) in [4.78, 5) is 3.54. The average molecular weight is 259 g/mol. The Morgan fingerprint density at radius 3 is 2.59 bits per heavy atom. The molecule has 1 heterocycles. The van der Waals surface area contributed by atoms with Crippen molar-refractivity contribution in [2.24, 2.45) is 5.73 Å². The van der Waals surface area contributed by atoms with Gasteiger partial charge in [-0.1, -0.05) is 24.4 Å². The number of nitrogens with two attached hydrogens (primary N) is 1. The number of fused-ring (bicyclic) bond motifs is 1. The van der Waals surface area contributed by atoms with E-state index in [1.807, 2.05) is 0 Å². The summed E-state index contributed by atoms with van der Waals surface area (Å²) in [5.74, 6) is -0.980. The lowest BCUT2D eigenvalue weighted by atomic mass is 10.3. The number of para-hydroxylation sites is 2. The molecular formula is C10H8F3N3S. The molecule has 0 aliphatic heterocycles. The minimum Gasteiger partial charge on any atom is -0.392 e. The van der Waals surface area contributed by atoms with Crippen LogP contribution in [0.1, 0.15) is 5.82 Å². The highest BCUT2D eigenvalue weighted by molar-refractivity contribution is 7.80. The number of alkyl halides is 3. The van der Waals surface area contributed by atoms with Gasteiger partial charge < -0.3 is 10.3 Å². The Labute approximate surface area is 100 Å². The van der Waals surface area contributed by atoms with E-state index in [9.17, 15) is 13.2 Å². The number of nitrogens with zero attached hydrogens (tertiary/aromatic N) is 2. The molecule has 0 amide bonds. The van der Waals surface area contributed by atoms with Crippen LogP contribution in [0, 0.1) is 0 Å². The predicted molar refractivity (Wildman–Crippen MR) is 61.5 cm³/mol. The molecule has 0 radical (unpaired) electrons. The molecule has 0 aliphatic rings. The van der Waals surface area contributed by atoms with Crippen molar-refractivity contribution < 1.29 is 13.2 Å². The second-order valence-corrected chi connectivity index (χ2v) is 4.00. The molecule has 7 heteroatoms. The van der Waals surface area contributed by atoms with Crippen molar-refractivity contribution in [3.05, 3.63) is 30.1 Å². The van der Waals surface area contributed by atoms with Gasteiger partial charge in [0.05, 0.1) is 22.6 Å². The van der Waals surface area contributed by atoms with E-state index in [1.54, 1.807) is 18.2 Å². The van der Waals surface area contributed by atoms with E-state index in [0.717, 1.165) is 4.57 Å². The minimum absolute atomic E-state index is 0.0151. The quantitative estimate of drug-likeness (QED) is 0.842. The van der Waals surface area contributed by atoms with E-state index in [-0.39, 0.29) is 17.0 Å². The van der Waals surface area contributed by atoms with Crippen LogP contribution in [0.5, 0.6) is 0 Å². The highest BCUT2D eigenvalue weighted by Crippen LogP contribution is 2.31. The van der Waals surface area contributed by atoms with Crippen LogP contribution in [-0.2, 0) is 12.7 Å². The normalized spacial score (nSPS) is 11.9. The van der Waals surface area contributed by atoms with Crippen LogP contribution < -0.4 is 5.73 Å². The Kier molecular flexibility index (Phi) is 2.78. The summed E-state index contributed by atoms with van der Waals surface area (Å²) in [6.07, 6.45) is -4.52. The number of hydrogen-bond donors (Lipinski definition) is 1. The van der Waals surface area contributed by atoms with Crippen molar-refractivity contribution in [3.8, 4) is 0 Å². The molecule has 0 saturated heterocycles. The first-order valence-corrected chi connectivity index (χ1v) is 5.11. The summed E-state index contributed by atoms with van der Waals surface area (Å²) in [6, 6.07) is 6.33. The molecule has 0 aliphatic carbocycles. The second kappa shape index (κ2) is 3.99. The van der Waals surface area contributed by atoms with Crippen LogP contribution in [0.4, 0.5) is 13.2 Å². The number of hydrogen-bond acceptors (Lipinski definition) is 2. The Bertz CT molecular complexity index is 574. The number of aromatic nitrogens is 2. The van der Waals surface area contributed by atoms with Gasteiger partial charge in [-0.05, 0) is 12.1 Å². The molecule has 90 valence electrons. The summed E-state index contributed by atoms with van der Waals surface area (Å²) in [6.45, 7) is -0.176. The van der Waals surface area contributed by atoms with Gasteiger partial charge in [0.25, 0.3) is 0 Å². The standard InChI is InChI=1S/C10H8F3N3S/c11-10(12,13)9-15-6-3-1-2-4-7(6)16(9)5-8(14)17/h1-4H,5H2,(H2,14,17). The maximum Gasteiger partial charge on any atom is 0.449 e. The fourth-order valence-electron chi connectivity index (χ4n) is 1.61. The molecule has 2 aromatic rings. The predicted octanol–water partition coefficient (Wildman–Crippen LogP) is 2.34. The first-order chi connectivity index (χ1) is 7.89. The lowest BCUT2D eigenvalue weighted by Crippen LogP contribution is -2.22. The molecule has 2 rings (SSSR count). The third-order valence-corrected chi connectivity index (χ3v) is 2.35. The van der Waals surface area contributed by atoms with Crippen molar-refractivity contribution in [2.45, 2.75) is 12.7 Å². The minimum atomic E-state index is -4.52. The van der Waals surface area contributed by atoms with Gasteiger partial charge in [0.2, 0.25) is 5.82 Å². The largest absolute Gasteiger partial charge is 0.449 e. The third-order valence-electron chi connectivity index (χ3n) is 2.22. The molecule has 1 aromatic heterocycles. The first kappa shape index (κ1) is 11.8. The van der Waals surface area contributed by atoms with Gasteiger partial charge in [-0.15, -0.1) is 0 Å². The highest BCUT2D eigenvalue weighted by Gasteiger charge is 2.37. The average Bonchev–Trinajstić information content (AvgIpc) is 2.56. The maximum absolute atomic E-state index is 12.8. The molecule has 0 atom stereocenters. The fraction of sp³-hybridized carbons (Fsp3) is 0.200. The van der Waals surface area contributed by atoms with E-state index in [2.05, 4.69) is 17.2 Å². The van der Waals surface area contributed by atoms with Crippen molar-refractivity contribution in [1.29, 1.82) is 0 Å². The number of benzene rings is 1. The zero-order valence-corrected chi connectivity index (χ0v) is 9.35. The van der Waals surface area contributed by atoms with Gasteiger partial charge >= 0.3 is 6.18 Å². The van der Waals surface area contributed by atoms with E-state index in [4.69, 9.17) is 5.73 Å². The summed E-state index contributed by atoms with van der Waals surface area (Å²) >= 11 is 4.65. The number of halogens is 3. The lowest BCUT2D eigenvalue weighted by molar-refractivity contribution is -0.146. The third kappa shape index (κ3) is 2.23. The molecule has 17 heavy (non-hydrogen) atoms. The van der Waals surface area contributed by atoms with Crippen molar-refractivity contribution in [1.82, 2.24) is 9.55 Å². The van der Waals surface area contributed by atoms with Crippen LogP contribution in [0.3, 0.4) is 0 Å². The molecule has 0 fully saturated rings. The number of imidazole rings is 1. The maximum atomic E-state index is 12.8. The second-order valence-electron chi connectivity index (χ2n) is 3.47. The number of rotatable bonds is 2. The van der Waals surface area contributed by atoms with Crippen LogP contribution >= 0.6 is 12.2 Å². The topological polar surface area (TPSA) is 43.8 Å². The molecular weight excluding hydrogens is 251 g/mol. The van der Waals surface area contributed by atoms with Crippen molar-refractivity contribution in [3.63, 3.8) is 0 Å². The van der Waals surface area contributed by atoms with Gasteiger partial charge in [-0.3, -0.25) is 0 Å². The summed E-state index contributed by atoms with van der Waals surface area (Å²) < 4.78 is 39.3. The highest BCUT2D eigenvalue weighted by atomic mass is 32.1. The zero-order chi connectivity index (χ0) is 12.6. The van der Waals surface area contributed by atoms with Crippen molar-refractivity contribution in [2.75, 3.05) is 0 Å². The molecule has 0 spiro atoms. The molecule has 2 N–H and O–H groups in total. The van der Waals surface area contributed by atoms with Crippen LogP contribution in [-0.4, -0.2) is 14.5 Å². The van der Waals surface area contributed by atoms with E-state index < -0.39 is 12.0 Å². The molecule has 0 unspecified atom stereocenters. The van der Waals surface area contributed by atoms with Gasteiger partial charge in [0.1, 0.15) is 0 Å². The van der Waals surface area contributed by atoms with Gasteiger partial charge in [0, 0.05) is 0 Å². The van der Waals surface area contributed by atoms with E-state index >= 15 is 0 Å². The van der Waals surface area contributed by atoms with Crippen molar-refractivity contribution >= 4 is 28.2 Å². The number of thiocarbonyl (C=S) groups is 1. The molecule has 0 saturated carbocycles. The van der Waals surface area contributed by atoms with Gasteiger partial charge in [-0.2, -0.15) is 13.2 Å². The Hall–Kier alpha value is -1.63. The summed E-state index contributed by atoms with van der Waals surface area (Å²) in [5.41, 5.74) is 5.94. The Morgan fingerprint density at radius 1 is 1.35 bits per heavy atom. The van der Waals surface area contributed by atoms with Crippen LogP contribution in [0.25, 0.3) is 11.0 Å². The summed E-state index contributed by atoms with van der Waals surface area (Å²) in [5, 5.41) is 0. The SMILES string of the molecule is NC(=S)Cn1c(C(F)(F)F)nc2ccccc21. The lowest BCUT2D eigenvalue weighted by Gasteiger charge is -2.10. The Balaban J connectivity index is 2.69.